The number of hydrogen-bond acceptors (Lipinski definition) is 7. The van der Waals surface area contributed by atoms with Crippen LogP contribution >= 0.6 is 11.3 Å². The van der Waals surface area contributed by atoms with Gasteiger partial charge < -0.3 is 25.3 Å². The molecule has 3 aromatic rings. The summed E-state index contributed by atoms with van der Waals surface area (Å²) in [6, 6.07) is 19.7. The van der Waals surface area contributed by atoms with Crippen LogP contribution in [0.25, 0.3) is 10.8 Å². The van der Waals surface area contributed by atoms with Crippen LogP contribution < -0.4 is 0 Å². The largest absolute Gasteiger partial charge is 0.481 e. The number of aliphatic hydroxyl groups is 1. The maximum Gasteiger partial charge on any atom is 0.336 e. The van der Waals surface area contributed by atoms with Crippen molar-refractivity contribution in [3.8, 4) is 0 Å². The zero-order chi connectivity index (χ0) is 26.7. The fourth-order valence-electron chi connectivity index (χ4n) is 3.56. The fraction of sp³-hybridized carbons (Fsp3) is 0.346. The maximum absolute atomic E-state index is 10.3. The molecule has 10 heteroatoms. The number of carboxylic acids is 3. The molecule has 0 bridgehead atoms. The first-order chi connectivity index (χ1) is 17.0. The monoisotopic (exact) mass is 516 g/mol. The van der Waals surface area contributed by atoms with Crippen LogP contribution in [0.5, 0.6) is 0 Å². The van der Waals surface area contributed by atoms with Gasteiger partial charge in [-0.05, 0) is 41.9 Å². The first-order valence-corrected chi connectivity index (χ1v) is 12.1. The Labute approximate surface area is 213 Å². The molecular weight excluding hydrogens is 484 g/mol. The van der Waals surface area contributed by atoms with E-state index in [1.165, 1.54) is 21.2 Å². The fourth-order valence-corrected chi connectivity index (χ4v) is 4.31. The molecule has 1 aromatic heterocycles. The summed E-state index contributed by atoms with van der Waals surface area (Å²) in [6.07, 6.45) is -2.29. The topological polar surface area (TPSA) is 139 Å². The Morgan fingerprint density at radius 1 is 0.833 bits per heavy atom. The first kappa shape index (κ1) is 28.9. The van der Waals surface area contributed by atoms with E-state index in [0.717, 1.165) is 26.2 Å². The smallest absolute Gasteiger partial charge is 0.336 e. The molecule has 0 saturated carbocycles. The summed E-state index contributed by atoms with van der Waals surface area (Å²) in [5.41, 5.74) is -1.32. The molecule has 3 rings (SSSR count). The Hall–Kier alpha value is -3.31. The second-order valence-electron chi connectivity index (χ2n) is 8.71. The molecule has 0 saturated heterocycles. The van der Waals surface area contributed by atoms with Gasteiger partial charge in [0, 0.05) is 31.1 Å². The number of thiophene rings is 1. The third kappa shape index (κ3) is 9.38. The van der Waals surface area contributed by atoms with Gasteiger partial charge in [0.2, 0.25) is 0 Å². The molecule has 0 atom stereocenters. The van der Waals surface area contributed by atoms with E-state index in [-0.39, 0.29) is 0 Å². The number of nitrogens with zero attached hydrogens (tertiary/aromatic N) is 2. The Balaban J connectivity index is 0.000000302. The summed E-state index contributed by atoms with van der Waals surface area (Å²) < 4.78 is 0. The lowest BCUT2D eigenvalue weighted by Gasteiger charge is -2.24. The first-order valence-electron chi connectivity index (χ1n) is 11.3. The molecule has 0 radical (unpaired) electrons. The van der Waals surface area contributed by atoms with E-state index in [4.69, 9.17) is 20.4 Å². The van der Waals surface area contributed by atoms with E-state index in [1.807, 2.05) is 11.3 Å². The van der Waals surface area contributed by atoms with Crippen LogP contribution in [0.4, 0.5) is 0 Å². The van der Waals surface area contributed by atoms with E-state index in [9.17, 15) is 14.4 Å². The summed E-state index contributed by atoms with van der Waals surface area (Å²) in [6.45, 7) is 4.17. The van der Waals surface area contributed by atoms with Crippen LogP contribution in [0, 0.1) is 0 Å². The van der Waals surface area contributed by atoms with Gasteiger partial charge in [-0.3, -0.25) is 14.5 Å². The lowest BCUT2D eigenvalue weighted by atomic mass is 9.96. The van der Waals surface area contributed by atoms with E-state index in [1.54, 1.807) is 0 Å². The standard InChI is InChI=1S/C20H24N2S.C6H8O7/c1-21(2)12-13-22(16-19-10-6-14-23-19)15-18-9-5-8-17-7-3-4-11-20(17)18;7-3(8)1-6(13,5(11)12)2-4(9)10/h3-11,14H,12-13,15-16H2,1-2H3;13H,1-2H2,(H,7,8)(H,9,10)(H,11,12). The van der Waals surface area contributed by atoms with E-state index >= 15 is 0 Å². The van der Waals surface area contributed by atoms with Crippen molar-refractivity contribution >= 4 is 40.0 Å². The van der Waals surface area contributed by atoms with E-state index < -0.39 is 36.4 Å². The molecule has 0 amide bonds. The summed E-state index contributed by atoms with van der Waals surface area (Å²) in [4.78, 5) is 36.7. The summed E-state index contributed by atoms with van der Waals surface area (Å²) in [5.74, 6) is -5.02. The number of benzene rings is 2. The van der Waals surface area contributed by atoms with Gasteiger partial charge in [-0.15, -0.1) is 11.3 Å². The average molecular weight is 517 g/mol. The lowest BCUT2D eigenvalue weighted by Crippen LogP contribution is -2.42. The van der Waals surface area contributed by atoms with Crippen molar-refractivity contribution in [2.24, 2.45) is 0 Å². The molecule has 4 N–H and O–H groups in total. The highest BCUT2D eigenvalue weighted by molar-refractivity contribution is 7.09. The SMILES string of the molecule is CN(C)CCN(Cc1cccs1)Cc1cccc2ccccc12.O=C(O)CC(O)(CC(=O)O)C(=O)O. The van der Waals surface area contributed by atoms with Gasteiger partial charge in [-0.2, -0.15) is 0 Å². The summed E-state index contributed by atoms with van der Waals surface area (Å²) in [7, 11) is 4.28. The minimum absolute atomic E-state index is 0.993. The van der Waals surface area contributed by atoms with Crippen molar-refractivity contribution in [1.29, 1.82) is 0 Å². The molecule has 0 aliphatic carbocycles. The maximum atomic E-state index is 10.3. The molecule has 0 spiro atoms. The normalized spacial score (nSPS) is 11.4. The van der Waals surface area contributed by atoms with Gasteiger partial charge in [-0.25, -0.2) is 4.79 Å². The second kappa shape index (κ2) is 13.7. The highest BCUT2D eigenvalue weighted by atomic mass is 32.1. The quantitative estimate of drug-likeness (QED) is 0.286. The third-order valence-corrected chi connectivity index (χ3v) is 6.24. The highest BCUT2D eigenvalue weighted by Crippen LogP contribution is 2.21. The molecule has 1 heterocycles. The zero-order valence-corrected chi connectivity index (χ0v) is 21.1. The molecule has 36 heavy (non-hydrogen) atoms. The number of carbonyl (C=O) groups is 3. The molecular formula is C26H32N2O7S. The van der Waals surface area contributed by atoms with Gasteiger partial charge in [-0.1, -0.05) is 48.5 Å². The molecule has 9 nitrogen and oxygen atoms in total. The van der Waals surface area contributed by atoms with Crippen molar-refractivity contribution in [2.75, 3.05) is 27.2 Å². The number of aliphatic carboxylic acids is 3. The van der Waals surface area contributed by atoms with Gasteiger partial charge in [0.05, 0.1) is 12.8 Å². The van der Waals surface area contributed by atoms with Gasteiger partial charge >= 0.3 is 17.9 Å². The number of fused-ring (bicyclic) bond motifs is 1. The Kier molecular flexibility index (Phi) is 11.0. The van der Waals surface area contributed by atoms with Crippen LogP contribution in [-0.4, -0.2) is 80.9 Å². The highest BCUT2D eigenvalue weighted by Gasteiger charge is 2.40. The average Bonchev–Trinajstić information content (AvgIpc) is 3.30. The Morgan fingerprint density at radius 2 is 1.47 bits per heavy atom. The third-order valence-electron chi connectivity index (χ3n) is 5.38. The van der Waals surface area contributed by atoms with Crippen molar-refractivity contribution < 1.29 is 34.8 Å². The number of carboxylic acid groups (broad SMARTS) is 3. The van der Waals surface area contributed by atoms with Gasteiger partial charge in [0.1, 0.15) is 0 Å². The molecule has 0 unspecified atom stereocenters. The molecule has 0 aliphatic heterocycles. The molecule has 0 fully saturated rings. The summed E-state index contributed by atoms with van der Waals surface area (Å²) in [5, 5.41) is 38.7. The number of hydrogen-bond donors (Lipinski definition) is 4. The predicted octanol–water partition coefficient (Wildman–Crippen LogP) is 3.22. The van der Waals surface area contributed by atoms with Crippen molar-refractivity contribution in [3.05, 3.63) is 70.4 Å². The second-order valence-corrected chi connectivity index (χ2v) is 9.74. The minimum atomic E-state index is -2.74. The van der Waals surface area contributed by atoms with Crippen LogP contribution in [0.15, 0.2) is 60.0 Å². The van der Waals surface area contributed by atoms with E-state index in [2.05, 4.69) is 83.9 Å². The minimum Gasteiger partial charge on any atom is -0.481 e. The molecule has 0 aliphatic rings. The predicted molar refractivity (Wildman–Crippen MR) is 138 cm³/mol. The van der Waals surface area contributed by atoms with Crippen LogP contribution in [0.3, 0.4) is 0 Å². The van der Waals surface area contributed by atoms with Crippen molar-refractivity contribution in [2.45, 2.75) is 31.5 Å². The van der Waals surface area contributed by atoms with Crippen LogP contribution in [-0.2, 0) is 27.5 Å². The van der Waals surface area contributed by atoms with Gasteiger partial charge in [0.25, 0.3) is 0 Å². The van der Waals surface area contributed by atoms with Crippen molar-refractivity contribution in [1.82, 2.24) is 9.80 Å². The van der Waals surface area contributed by atoms with Gasteiger partial charge in [0.15, 0.2) is 5.60 Å². The zero-order valence-electron chi connectivity index (χ0n) is 20.3. The van der Waals surface area contributed by atoms with Crippen molar-refractivity contribution in [3.63, 3.8) is 0 Å². The van der Waals surface area contributed by atoms with Crippen LogP contribution in [0.2, 0.25) is 0 Å². The Bertz CT molecular complexity index is 1130. The number of rotatable bonds is 12. The Morgan fingerprint density at radius 3 is 2.03 bits per heavy atom. The number of likely N-dealkylation sites (N-methyl/N-ethyl adjacent to an activating group) is 1. The molecule has 2 aromatic carbocycles. The summed E-state index contributed by atoms with van der Waals surface area (Å²) >= 11 is 1.84. The van der Waals surface area contributed by atoms with E-state index in [0.29, 0.717) is 0 Å². The van der Waals surface area contributed by atoms with Crippen LogP contribution in [0.1, 0.15) is 23.3 Å². The molecule has 194 valence electrons. The lowest BCUT2D eigenvalue weighted by molar-refractivity contribution is -0.170.